The maximum absolute atomic E-state index is 13.2. The summed E-state index contributed by atoms with van der Waals surface area (Å²) in [5, 5.41) is 3.34. The summed E-state index contributed by atoms with van der Waals surface area (Å²) in [6, 6.07) is 8.41. The third-order valence-corrected chi connectivity index (χ3v) is 5.69. The van der Waals surface area contributed by atoms with Crippen LogP contribution in [-0.2, 0) is 16.0 Å². The van der Waals surface area contributed by atoms with Gasteiger partial charge < -0.3 is 24.4 Å². The van der Waals surface area contributed by atoms with E-state index in [4.69, 9.17) is 25.8 Å². The van der Waals surface area contributed by atoms with Gasteiger partial charge in [0.25, 0.3) is 0 Å². The van der Waals surface area contributed by atoms with Crippen LogP contribution in [0.2, 0.25) is 5.02 Å². The van der Waals surface area contributed by atoms with Crippen LogP contribution in [0.1, 0.15) is 43.0 Å². The molecule has 0 spiro atoms. The van der Waals surface area contributed by atoms with E-state index in [1.54, 1.807) is 17.0 Å². The highest BCUT2D eigenvalue weighted by Crippen LogP contribution is 2.40. The zero-order valence-corrected chi connectivity index (χ0v) is 19.6. The monoisotopic (exact) mass is 460 g/mol. The van der Waals surface area contributed by atoms with Gasteiger partial charge in [-0.3, -0.25) is 4.79 Å². The lowest BCUT2D eigenvalue weighted by Crippen LogP contribution is -2.43. The summed E-state index contributed by atoms with van der Waals surface area (Å²) in [7, 11) is 1.34. The molecule has 2 amide bonds. The molecule has 1 atom stereocenters. The number of carbonyl (C=O) groups excluding carboxylic acids is 2. The molecule has 8 heteroatoms. The number of hydrogen-bond donors (Lipinski definition) is 1. The lowest BCUT2D eigenvalue weighted by Gasteiger charge is -2.37. The van der Waals surface area contributed by atoms with Crippen molar-refractivity contribution in [3.63, 3.8) is 0 Å². The minimum absolute atomic E-state index is 0.0259. The Labute approximate surface area is 193 Å². The maximum Gasteiger partial charge on any atom is 0.322 e. The number of methoxy groups -OCH3 is 1. The van der Waals surface area contributed by atoms with E-state index in [0.717, 1.165) is 16.7 Å². The second-order valence-corrected chi connectivity index (χ2v) is 7.92. The van der Waals surface area contributed by atoms with Crippen molar-refractivity contribution in [2.75, 3.05) is 32.2 Å². The Kier molecular flexibility index (Phi) is 7.85. The van der Waals surface area contributed by atoms with Gasteiger partial charge in [-0.2, -0.15) is 0 Å². The minimum atomic E-state index is -0.509. The summed E-state index contributed by atoms with van der Waals surface area (Å²) in [5.41, 5.74) is 3.38. The van der Waals surface area contributed by atoms with Crippen LogP contribution in [0.3, 0.4) is 0 Å². The number of rotatable bonds is 7. The third kappa shape index (κ3) is 5.27. The summed E-state index contributed by atoms with van der Waals surface area (Å²) >= 11 is 6.30. The highest BCUT2D eigenvalue weighted by molar-refractivity contribution is 6.33. The molecule has 0 aromatic heterocycles. The molecule has 0 aliphatic carbocycles. The second-order valence-electron chi connectivity index (χ2n) is 7.52. The molecule has 1 heterocycles. The number of nitrogens with zero attached hydrogens (tertiary/aromatic N) is 1. The lowest BCUT2D eigenvalue weighted by atomic mass is 9.90. The largest absolute Gasteiger partial charge is 0.490 e. The third-order valence-electron chi connectivity index (χ3n) is 5.38. The highest BCUT2D eigenvalue weighted by atomic mass is 35.5. The Hall–Kier alpha value is -2.93. The van der Waals surface area contributed by atoms with Crippen LogP contribution in [0.4, 0.5) is 10.5 Å². The van der Waals surface area contributed by atoms with Crippen LogP contribution in [0.5, 0.6) is 11.5 Å². The molecule has 1 N–H and O–H groups in total. The number of benzene rings is 2. The highest BCUT2D eigenvalue weighted by Gasteiger charge is 2.34. The summed E-state index contributed by atoms with van der Waals surface area (Å²) in [4.78, 5) is 27.1. The zero-order chi connectivity index (χ0) is 23.3. The predicted octanol–water partition coefficient (Wildman–Crippen LogP) is 5.14. The normalized spacial score (nSPS) is 15.0. The van der Waals surface area contributed by atoms with E-state index in [1.807, 2.05) is 39.0 Å². The quantitative estimate of drug-likeness (QED) is 0.579. The number of carbonyl (C=O) groups is 2. The average Bonchev–Trinajstić information content (AvgIpc) is 2.76. The smallest absolute Gasteiger partial charge is 0.322 e. The molecule has 2 aromatic rings. The molecule has 7 nitrogen and oxygen atoms in total. The molecule has 1 aliphatic rings. The van der Waals surface area contributed by atoms with E-state index in [0.29, 0.717) is 48.4 Å². The molecule has 1 aliphatic heterocycles. The first-order valence-electron chi connectivity index (χ1n) is 10.7. The number of amides is 2. The number of aryl methyl sites for hydroxylation is 1. The number of ether oxygens (including phenoxy) is 3. The molecule has 32 heavy (non-hydrogen) atoms. The van der Waals surface area contributed by atoms with Gasteiger partial charge in [-0.25, -0.2) is 4.79 Å². The zero-order valence-electron chi connectivity index (χ0n) is 18.9. The van der Waals surface area contributed by atoms with Gasteiger partial charge in [0, 0.05) is 6.54 Å². The molecular formula is C24H29ClN2O5. The van der Waals surface area contributed by atoms with Crippen LogP contribution in [-0.4, -0.2) is 43.8 Å². The topological polar surface area (TPSA) is 77.1 Å². The van der Waals surface area contributed by atoms with E-state index in [2.05, 4.69) is 5.32 Å². The second kappa shape index (κ2) is 10.6. The van der Waals surface area contributed by atoms with Gasteiger partial charge >= 0.3 is 12.0 Å². The molecule has 0 radical (unpaired) electrons. The first-order chi connectivity index (χ1) is 15.4. The van der Waals surface area contributed by atoms with Crippen molar-refractivity contribution < 1.29 is 23.8 Å². The van der Waals surface area contributed by atoms with Gasteiger partial charge in [-0.1, -0.05) is 17.7 Å². The summed E-state index contributed by atoms with van der Waals surface area (Å²) in [5.74, 6) is 0.849. The molecule has 0 saturated heterocycles. The predicted molar refractivity (Wildman–Crippen MR) is 124 cm³/mol. The molecule has 172 valence electrons. The summed E-state index contributed by atoms with van der Waals surface area (Å²) in [6.45, 7) is 7.15. The lowest BCUT2D eigenvalue weighted by molar-refractivity contribution is -0.141. The Balaban J connectivity index is 1.96. The molecule has 3 rings (SSSR count). The van der Waals surface area contributed by atoms with E-state index in [9.17, 15) is 9.59 Å². The van der Waals surface area contributed by atoms with Crippen molar-refractivity contribution >= 4 is 29.3 Å². The fourth-order valence-corrected chi connectivity index (χ4v) is 4.14. The van der Waals surface area contributed by atoms with Gasteiger partial charge in [-0.15, -0.1) is 0 Å². The van der Waals surface area contributed by atoms with Crippen LogP contribution in [0.15, 0.2) is 30.3 Å². The van der Waals surface area contributed by atoms with Gasteiger partial charge in [0.05, 0.1) is 43.5 Å². The number of fused-ring (bicyclic) bond motifs is 1. The minimum Gasteiger partial charge on any atom is -0.490 e. The fourth-order valence-electron chi connectivity index (χ4n) is 3.86. The van der Waals surface area contributed by atoms with Crippen molar-refractivity contribution in [2.45, 2.75) is 39.7 Å². The molecule has 0 saturated carbocycles. The Bertz CT molecular complexity index is 995. The Morgan fingerprint density at radius 1 is 1.12 bits per heavy atom. The number of hydrogen-bond acceptors (Lipinski definition) is 5. The first-order valence-corrected chi connectivity index (χ1v) is 11.1. The fraction of sp³-hybridized carbons (Fsp3) is 0.417. The number of halogens is 1. The number of esters is 1. The van der Waals surface area contributed by atoms with Gasteiger partial charge in [0.2, 0.25) is 0 Å². The average molecular weight is 461 g/mol. The number of urea groups is 1. The van der Waals surface area contributed by atoms with E-state index < -0.39 is 12.0 Å². The Morgan fingerprint density at radius 2 is 1.81 bits per heavy atom. The number of anilines is 1. The molecule has 2 aromatic carbocycles. The van der Waals surface area contributed by atoms with Crippen molar-refractivity contribution in [1.82, 2.24) is 4.90 Å². The summed E-state index contributed by atoms with van der Waals surface area (Å²) in [6.07, 6.45) is 0.645. The number of nitrogens with one attached hydrogen (secondary N) is 1. The van der Waals surface area contributed by atoms with E-state index in [1.165, 1.54) is 7.11 Å². The van der Waals surface area contributed by atoms with Crippen LogP contribution in [0.25, 0.3) is 0 Å². The first kappa shape index (κ1) is 23.7. The van der Waals surface area contributed by atoms with Crippen LogP contribution < -0.4 is 14.8 Å². The summed E-state index contributed by atoms with van der Waals surface area (Å²) < 4.78 is 16.4. The van der Waals surface area contributed by atoms with Crippen LogP contribution in [0, 0.1) is 6.92 Å². The van der Waals surface area contributed by atoms with Gasteiger partial charge in [0.1, 0.15) is 0 Å². The van der Waals surface area contributed by atoms with Crippen molar-refractivity contribution in [1.29, 1.82) is 0 Å². The molecule has 0 unspecified atom stereocenters. The molecular weight excluding hydrogens is 432 g/mol. The van der Waals surface area contributed by atoms with Crippen molar-refractivity contribution in [2.24, 2.45) is 0 Å². The van der Waals surface area contributed by atoms with Gasteiger partial charge in [-0.05, 0) is 68.1 Å². The van der Waals surface area contributed by atoms with Gasteiger partial charge in [0.15, 0.2) is 11.5 Å². The van der Waals surface area contributed by atoms with E-state index in [-0.39, 0.29) is 12.5 Å². The molecule has 0 fully saturated rings. The van der Waals surface area contributed by atoms with Crippen LogP contribution >= 0.6 is 11.6 Å². The Morgan fingerprint density at radius 3 is 2.44 bits per heavy atom. The SMILES string of the molecule is CCOc1cc2c(cc1OCC)[C@H](CC(=O)OC)N(C(=O)Nc1ccc(C)cc1Cl)CC2. The standard InChI is InChI=1S/C24H29ClN2O5/c1-5-31-21-12-16-9-10-27(24(29)26-19-8-7-15(3)11-18(19)25)20(14-23(28)30-4)17(16)13-22(21)32-6-2/h7-8,11-13,20H,5-6,9-10,14H2,1-4H3,(H,26,29)/t20-/m0/s1. The van der Waals surface area contributed by atoms with Crippen molar-refractivity contribution in [3.8, 4) is 11.5 Å². The van der Waals surface area contributed by atoms with Crippen molar-refractivity contribution in [3.05, 3.63) is 52.0 Å². The maximum atomic E-state index is 13.2. The molecule has 0 bridgehead atoms. The van der Waals surface area contributed by atoms with E-state index >= 15 is 0 Å².